The van der Waals surface area contributed by atoms with Crippen molar-refractivity contribution in [2.45, 2.75) is 50.7 Å². The van der Waals surface area contributed by atoms with Crippen LogP contribution in [0.5, 0.6) is 5.75 Å². The lowest BCUT2D eigenvalue weighted by atomic mass is 9.97. The van der Waals surface area contributed by atoms with E-state index in [1.165, 1.54) is 0 Å². The number of sulfonamides is 1. The topological polar surface area (TPSA) is 125 Å². The summed E-state index contributed by atoms with van der Waals surface area (Å²) in [5, 5.41) is 22.6. The molecule has 1 fully saturated rings. The third-order valence-corrected chi connectivity index (χ3v) is 8.30. The van der Waals surface area contributed by atoms with Crippen LogP contribution in [0, 0.1) is 0 Å². The van der Waals surface area contributed by atoms with E-state index in [0.29, 0.717) is 12.3 Å². The molecule has 8 nitrogen and oxygen atoms in total. The van der Waals surface area contributed by atoms with E-state index in [4.69, 9.17) is 9.84 Å². The normalized spacial score (nSPS) is 14.6. The van der Waals surface area contributed by atoms with E-state index in [0.717, 1.165) is 67.3 Å². The summed E-state index contributed by atoms with van der Waals surface area (Å²) in [6, 6.07) is 22.9. The minimum atomic E-state index is -3.95. The number of amides is 1. The lowest BCUT2D eigenvalue weighted by molar-refractivity contribution is 0.0969. The van der Waals surface area contributed by atoms with Crippen LogP contribution in [-0.2, 0) is 16.4 Å². The molecule has 4 N–H and O–H groups in total. The zero-order valence-electron chi connectivity index (χ0n) is 23.0. The molecule has 0 aromatic heterocycles. The van der Waals surface area contributed by atoms with Gasteiger partial charge in [0.25, 0.3) is 5.91 Å². The number of rotatable bonds is 13. The van der Waals surface area contributed by atoms with Gasteiger partial charge in [0.15, 0.2) is 0 Å². The largest absolute Gasteiger partial charge is 0.490 e. The van der Waals surface area contributed by atoms with Crippen LogP contribution in [0.15, 0.2) is 72.8 Å². The minimum Gasteiger partial charge on any atom is -0.490 e. The van der Waals surface area contributed by atoms with Crippen molar-refractivity contribution in [3.63, 3.8) is 0 Å². The first-order valence-corrected chi connectivity index (χ1v) is 15.5. The molecule has 0 radical (unpaired) electrons. The molecule has 0 heterocycles. The highest BCUT2D eigenvalue weighted by Crippen LogP contribution is 2.31. The number of nitrogens with one attached hydrogen (secondary N) is 2. The van der Waals surface area contributed by atoms with Gasteiger partial charge in [-0.1, -0.05) is 67.1 Å². The molecule has 1 saturated carbocycles. The Hall–Kier alpha value is -2.95. The van der Waals surface area contributed by atoms with Crippen molar-refractivity contribution in [1.29, 1.82) is 0 Å². The summed E-state index contributed by atoms with van der Waals surface area (Å²) in [5.74, 6) is -0.970. The maximum absolute atomic E-state index is 12.9. The second kappa shape index (κ2) is 15.9. The number of hydrogen-bond acceptors (Lipinski definition) is 7. The molecule has 0 spiro atoms. The minimum absolute atomic E-state index is 0. The summed E-state index contributed by atoms with van der Waals surface area (Å²) in [7, 11) is -3.95. The van der Waals surface area contributed by atoms with Gasteiger partial charge >= 0.3 is 0 Å². The number of halogens is 1. The number of carbonyl (C=O) groups excluding carboxylic acids is 1. The Bertz CT molecular complexity index is 1350. The summed E-state index contributed by atoms with van der Waals surface area (Å²) in [6.45, 7) is 0.632. The van der Waals surface area contributed by atoms with Gasteiger partial charge in [-0.05, 0) is 73.0 Å². The lowest BCUT2D eigenvalue weighted by Crippen LogP contribution is -2.34. The summed E-state index contributed by atoms with van der Waals surface area (Å²) in [6.07, 6.45) is 5.27. The number of ether oxygens (including phenoxy) is 1. The van der Waals surface area contributed by atoms with Crippen LogP contribution >= 0.6 is 12.4 Å². The molecule has 3 aromatic rings. The summed E-state index contributed by atoms with van der Waals surface area (Å²) >= 11 is 0. The SMILES string of the molecule is Cl.O=C(NS(=O)(=O)CCO)c1ccc(-c2ccc(CCNC[C@H](O)c3ccccc3)cc2)cc1OC1CCCCC1. The molecule has 0 aliphatic heterocycles. The molecule has 0 bridgehead atoms. The molecule has 10 heteroatoms. The molecule has 0 saturated heterocycles. The maximum atomic E-state index is 12.9. The number of aliphatic hydroxyl groups is 2. The van der Waals surface area contributed by atoms with Crippen molar-refractivity contribution in [3.8, 4) is 16.9 Å². The first-order valence-electron chi connectivity index (χ1n) is 13.8. The average molecular weight is 603 g/mol. The number of hydrogen-bond donors (Lipinski definition) is 4. The number of aliphatic hydroxyl groups excluding tert-OH is 2. The van der Waals surface area contributed by atoms with E-state index in [1.807, 2.05) is 59.3 Å². The van der Waals surface area contributed by atoms with Crippen LogP contribution in [0.2, 0.25) is 0 Å². The third-order valence-electron chi connectivity index (χ3n) is 7.08. The Morgan fingerprint density at radius 2 is 1.63 bits per heavy atom. The fraction of sp³-hybridized carbons (Fsp3) is 0.387. The summed E-state index contributed by atoms with van der Waals surface area (Å²) in [4.78, 5) is 12.9. The fourth-order valence-corrected chi connectivity index (χ4v) is 5.58. The van der Waals surface area contributed by atoms with E-state index in [9.17, 15) is 18.3 Å². The highest BCUT2D eigenvalue weighted by Gasteiger charge is 2.23. The molecular formula is C31H39ClN2O6S. The standard InChI is InChI=1S/C31H38N2O6S.ClH/c34-19-20-40(37,38)33-31(36)28-16-15-26(21-30(28)39-27-9-5-2-6-10-27)24-13-11-23(12-14-24)17-18-32-22-29(35)25-7-3-1-4-8-25;/h1,3-4,7-8,11-16,21,27,29,32,34-35H,2,5-6,9-10,17-20,22H2,(H,33,36);1H/t29-;/m0./s1. The maximum Gasteiger partial charge on any atom is 0.268 e. The number of benzene rings is 3. The first-order chi connectivity index (χ1) is 19.3. The van der Waals surface area contributed by atoms with Crippen LogP contribution in [0.3, 0.4) is 0 Å². The number of carbonyl (C=O) groups is 1. The highest BCUT2D eigenvalue weighted by molar-refractivity contribution is 7.90. The van der Waals surface area contributed by atoms with Crippen molar-refractivity contribution in [3.05, 3.63) is 89.5 Å². The van der Waals surface area contributed by atoms with Gasteiger partial charge in [0.1, 0.15) is 5.75 Å². The molecule has 222 valence electrons. The zero-order valence-corrected chi connectivity index (χ0v) is 24.6. The molecule has 1 aliphatic carbocycles. The Morgan fingerprint density at radius 1 is 0.951 bits per heavy atom. The van der Waals surface area contributed by atoms with Gasteiger partial charge in [0.2, 0.25) is 10.0 Å². The van der Waals surface area contributed by atoms with Crippen molar-refractivity contribution in [2.24, 2.45) is 0 Å². The van der Waals surface area contributed by atoms with Gasteiger partial charge in [-0.2, -0.15) is 0 Å². The van der Waals surface area contributed by atoms with Crippen LogP contribution in [0.1, 0.15) is 59.7 Å². The van der Waals surface area contributed by atoms with Crippen molar-refractivity contribution in [2.75, 3.05) is 25.4 Å². The Labute approximate surface area is 248 Å². The summed E-state index contributed by atoms with van der Waals surface area (Å²) in [5.41, 5.74) is 3.99. The molecule has 1 aliphatic rings. The van der Waals surface area contributed by atoms with Gasteiger partial charge in [0, 0.05) is 6.54 Å². The average Bonchev–Trinajstić information content (AvgIpc) is 2.96. The van der Waals surface area contributed by atoms with Crippen LogP contribution in [-0.4, -0.2) is 56.1 Å². The van der Waals surface area contributed by atoms with Crippen LogP contribution < -0.4 is 14.8 Å². The van der Waals surface area contributed by atoms with Crippen LogP contribution in [0.4, 0.5) is 0 Å². The monoisotopic (exact) mass is 602 g/mol. The van der Waals surface area contributed by atoms with E-state index in [1.54, 1.807) is 18.2 Å². The summed E-state index contributed by atoms with van der Waals surface area (Å²) < 4.78 is 32.4. The quantitative estimate of drug-likeness (QED) is 0.214. The second-order valence-electron chi connectivity index (χ2n) is 10.1. The molecule has 0 unspecified atom stereocenters. The molecule has 1 atom stereocenters. The second-order valence-corrected chi connectivity index (χ2v) is 12.0. The molecular weight excluding hydrogens is 564 g/mol. The van der Waals surface area contributed by atoms with E-state index in [2.05, 4.69) is 5.32 Å². The van der Waals surface area contributed by atoms with Crippen LogP contribution in [0.25, 0.3) is 11.1 Å². The van der Waals surface area contributed by atoms with Crippen molar-refractivity contribution in [1.82, 2.24) is 10.0 Å². The third kappa shape index (κ3) is 9.83. The van der Waals surface area contributed by atoms with E-state index in [-0.39, 0.29) is 24.1 Å². The van der Waals surface area contributed by atoms with E-state index >= 15 is 0 Å². The smallest absolute Gasteiger partial charge is 0.268 e. The first kappa shape index (κ1) is 32.6. The van der Waals surface area contributed by atoms with Gasteiger partial charge in [0.05, 0.1) is 30.1 Å². The zero-order chi connectivity index (χ0) is 28.4. The highest BCUT2D eigenvalue weighted by atomic mass is 35.5. The van der Waals surface area contributed by atoms with Gasteiger partial charge < -0.3 is 20.3 Å². The van der Waals surface area contributed by atoms with Gasteiger partial charge in [-0.15, -0.1) is 12.4 Å². The lowest BCUT2D eigenvalue weighted by Gasteiger charge is -2.24. The molecule has 41 heavy (non-hydrogen) atoms. The van der Waals surface area contributed by atoms with Gasteiger partial charge in [-0.25, -0.2) is 13.1 Å². The Kier molecular flexibility index (Phi) is 12.6. The van der Waals surface area contributed by atoms with Gasteiger partial charge in [-0.3, -0.25) is 4.79 Å². The van der Waals surface area contributed by atoms with Crippen molar-refractivity contribution < 1.29 is 28.2 Å². The molecule has 1 amide bonds. The fourth-order valence-electron chi connectivity index (χ4n) is 4.85. The predicted molar refractivity (Wildman–Crippen MR) is 163 cm³/mol. The predicted octanol–water partition coefficient (Wildman–Crippen LogP) is 4.40. The Morgan fingerprint density at radius 3 is 2.32 bits per heavy atom. The van der Waals surface area contributed by atoms with E-state index < -0.39 is 34.4 Å². The Balaban J connectivity index is 0.00000462. The molecule has 4 rings (SSSR count). The van der Waals surface area contributed by atoms with Crippen molar-refractivity contribution >= 4 is 28.3 Å². The molecule has 3 aromatic carbocycles.